The molecule has 0 unspecified atom stereocenters. The summed E-state index contributed by atoms with van der Waals surface area (Å²) in [7, 11) is 0. The van der Waals surface area contributed by atoms with E-state index in [9.17, 15) is 22.8 Å². The lowest BCUT2D eigenvalue weighted by Gasteiger charge is -2.38. The molecule has 4 heterocycles. The van der Waals surface area contributed by atoms with Gasteiger partial charge in [0, 0.05) is 44.0 Å². The summed E-state index contributed by atoms with van der Waals surface area (Å²) < 4.78 is 41.5. The summed E-state index contributed by atoms with van der Waals surface area (Å²) in [5.41, 5.74) is 1.65. The van der Waals surface area contributed by atoms with Crippen molar-refractivity contribution in [2.75, 3.05) is 31.1 Å². The third kappa shape index (κ3) is 6.01. The molecule has 0 N–H and O–H groups in total. The molecule has 4 aliphatic rings. The van der Waals surface area contributed by atoms with E-state index in [2.05, 4.69) is 9.80 Å². The van der Waals surface area contributed by atoms with Crippen molar-refractivity contribution in [3.8, 4) is 0 Å². The summed E-state index contributed by atoms with van der Waals surface area (Å²) in [6, 6.07) is 14.1. The number of carbonyl (C=O) groups is 2. The van der Waals surface area contributed by atoms with Crippen LogP contribution in [0.3, 0.4) is 0 Å². The average molecular weight is 602 g/mol. The molecular weight excluding hydrogens is 563 g/mol. The second kappa shape index (κ2) is 12.1. The maximum absolute atomic E-state index is 13.8. The van der Waals surface area contributed by atoms with Gasteiger partial charge in [0.2, 0.25) is 5.91 Å². The minimum absolute atomic E-state index is 0.00454. The third-order valence-electron chi connectivity index (χ3n) is 10.2. The van der Waals surface area contributed by atoms with Crippen molar-refractivity contribution < 1.29 is 22.8 Å². The molecule has 0 radical (unpaired) electrons. The first-order valence-electron chi connectivity index (χ1n) is 15.5. The number of amides is 2. The Kier molecular flexibility index (Phi) is 8.45. The second-order valence-electron chi connectivity index (χ2n) is 12.7. The molecule has 2 bridgehead atoms. The molecule has 2 aromatic rings. The van der Waals surface area contributed by atoms with Gasteiger partial charge in [-0.3, -0.25) is 9.59 Å². The first-order chi connectivity index (χ1) is 20.2. The molecule has 6 rings (SSSR count). The molecule has 2 aromatic carbocycles. The Balaban J connectivity index is 0.982. The largest absolute Gasteiger partial charge is 0.404 e. The van der Waals surface area contributed by atoms with Crippen molar-refractivity contribution in [2.24, 2.45) is 11.8 Å². The lowest BCUT2D eigenvalue weighted by Crippen LogP contribution is -2.45. The summed E-state index contributed by atoms with van der Waals surface area (Å²) in [6.07, 6.45) is 4.41. The van der Waals surface area contributed by atoms with Crippen LogP contribution < -0.4 is 4.90 Å². The van der Waals surface area contributed by atoms with E-state index >= 15 is 0 Å². The Hall–Kier alpha value is -2.74. The molecule has 4 saturated heterocycles. The Labute approximate surface area is 251 Å². The molecule has 0 aromatic heterocycles. The monoisotopic (exact) mass is 601 g/mol. The number of anilines is 1. The van der Waals surface area contributed by atoms with Gasteiger partial charge in [-0.15, -0.1) is 0 Å². The highest BCUT2D eigenvalue weighted by atomic mass is 35.5. The van der Waals surface area contributed by atoms with Crippen LogP contribution in [0.2, 0.25) is 5.02 Å². The van der Waals surface area contributed by atoms with Crippen LogP contribution >= 0.6 is 11.6 Å². The number of fused-ring (bicyclic) bond motifs is 2. The van der Waals surface area contributed by atoms with E-state index in [0.717, 1.165) is 76.6 Å². The number of benzene rings is 2. The normalized spacial score (nSPS) is 24.3. The van der Waals surface area contributed by atoms with E-state index in [1.54, 1.807) is 18.2 Å². The summed E-state index contributed by atoms with van der Waals surface area (Å²) in [5.74, 6) is -1.89. The highest BCUT2D eigenvalue weighted by molar-refractivity contribution is 6.34. The zero-order valence-electron chi connectivity index (χ0n) is 23.9. The third-order valence-corrected chi connectivity index (χ3v) is 10.5. The van der Waals surface area contributed by atoms with Gasteiger partial charge in [-0.1, -0.05) is 41.9 Å². The van der Waals surface area contributed by atoms with Gasteiger partial charge >= 0.3 is 6.18 Å². The van der Waals surface area contributed by atoms with Crippen LogP contribution in [-0.2, 0) is 4.79 Å². The van der Waals surface area contributed by atoms with E-state index in [-0.39, 0.29) is 11.5 Å². The molecule has 2 amide bonds. The van der Waals surface area contributed by atoms with Gasteiger partial charge in [-0.05, 0) is 93.4 Å². The second-order valence-corrected chi connectivity index (χ2v) is 13.1. The molecule has 0 aliphatic carbocycles. The Morgan fingerprint density at radius 1 is 0.810 bits per heavy atom. The van der Waals surface area contributed by atoms with Crippen LogP contribution in [0.25, 0.3) is 0 Å². The van der Waals surface area contributed by atoms with E-state index in [4.69, 9.17) is 11.6 Å². The molecule has 4 fully saturated rings. The maximum atomic E-state index is 13.8. The molecule has 226 valence electrons. The molecule has 42 heavy (non-hydrogen) atoms. The van der Waals surface area contributed by atoms with E-state index in [1.165, 1.54) is 17.0 Å². The summed E-state index contributed by atoms with van der Waals surface area (Å²) in [5, 5.41) is 0.521. The number of carbonyl (C=O) groups excluding carboxylic acids is 2. The Morgan fingerprint density at radius 2 is 1.38 bits per heavy atom. The van der Waals surface area contributed by atoms with Gasteiger partial charge in [0.1, 0.15) is 0 Å². The van der Waals surface area contributed by atoms with Crippen molar-refractivity contribution >= 4 is 29.1 Å². The average Bonchev–Trinajstić information content (AvgIpc) is 3.58. The van der Waals surface area contributed by atoms with Gasteiger partial charge in [0.05, 0.1) is 10.6 Å². The lowest BCUT2D eigenvalue weighted by atomic mass is 9.82. The number of halogens is 4. The van der Waals surface area contributed by atoms with Gasteiger partial charge in [0.15, 0.2) is 5.92 Å². The standard InChI is InChI=1S/C33H39ClF3N3O2/c34-29-21-27(10-11-28(29)31(41)40-25-6-7-26(40)9-8-25)38-16-12-22(13-17-38)20-23-14-18-39(19-15-23)32(42)30(33(35,36)37)24-4-2-1-3-5-24/h1-5,10-11,21-23,25-26,30H,6-9,12-20H2/t25?,26?,30-/m0/s1. The number of rotatable bonds is 6. The van der Waals surface area contributed by atoms with Crippen molar-refractivity contribution in [1.82, 2.24) is 9.80 Å². The maximum Gasteiger partial charge on any atom is 0.404 e. The number of alkyl halides is 3. The Morgan fingerprint density at radius 3 is 1.93 bits per heavy atom. The van der Waals surface area contributed by atoms with E-state index in [1.807, 2.05) is 18.2 Å². The quantitative estimate of drug-likeness (QED) is 0.349. The molecule has 9 heteroatoms. The lowest BCUT2D eigenvalue weighted by molar-refractivity contribution is -0.173. The number of hydrogen-bond acceptors (Lipinski definition) is 3. The molecule has 1 atom stereocenters. The van der Waals surface area contributed by atoms with Crippen LogP contribution in [0.5, 0.6) is 0 Å². The number of likely N-dealkylation sites (tertiary alicyclic amines) is 1. The van der Waals surface area contributed by atoms with Crippen molar-refractivity contribution in [3.05, 3.63) is 64.7 Å². The highest BCUT2D eigenvalue weighted by Crippen LogP contribution is 2.40. The SMILES string of the molecule is O=C([C@H](c1ccccc1)C(F)(F)F)N1CCC(CC2CCN(c3ccc(C(=O)N4C5CCC4CC5)c(Cl)c3)CC2)CC1. The van der Waals surface area contributed by atoms with Gasteiger partial charge in [-0.25, -0.2) is 0 Å². The molecule has 4 aliphatic heterocycles. The predicted octanol–water partition coefficient (Wildman–Crippen LogP) is 7.30. The van der Waals surface area contributed by atoms with Crippen LogP contribution in [-0.4, -0.2) is 66.1 Å². The van der Waals surface area contributed by atoms with E-state index in [0.29, 0.717) is 47.6 Å². The summed E-state index contributed by atoms with van der Waals surface area (Å²) in [4.78, 5) is 32.0. The fourth-order valence-electron chi connectivity index (χ4n) is 7.84. The molecule has 0 saturated carbocycles. The topological polar surface area (TPSA) is 43.9 Å². The summed E-state index contributed by atoms with van der Waals surface area (Å²) >= 11 is 6.64. The fourth-order valence-corrected chi connectivity index (χ4v) is 8.10. The minimum Gasteiger partial charge on any atom is -0.371 e. The summed E-state index contributed by atoms with van der Waals surface area (Å²) in [6.45, 7) is 2.58. The van der Waals surface area contributed by atoms with Crippen LogP contribution in [0, 0.1) is 11.8 Å². The van der Waals surface area contributed by atoms with Crippen LogP contribution in [0.4, 0.5) is 18.9 Å². The smallest absolute Gasteiger partial charge is 0.371 e. The molecular formula is C33H39ClF3N3O2. The van der Waals surface area contributed by atoms with Crippen molar-refractivity contribution in [1.29, 1.82) is 0 Å². The van der Waals surface area contributed by atoms with Crippen molar-refractivity contribution in [3.63, 3.8) is 0 Å². The number of piperidine rings is 2. The first-order valence-corrected chi connectivity index (χ1v) is 15.8. The fraction of sp³-hybridized carbons (Fsp3) is 0.576. The van der Waals surface area contributed by atoms with Crippen molar-refractivity contribution in [2.45, 2.75) is 82.0 Å². The van der Waals surface area contributed by atoms with Gasteiger partial charge < -0.3 is 14.7 Å². The van der Waals surface area contributed by atoms with E-state index < -0.39 is 18.0 Å². The zero-order valence-corrected chi connectivity index (χ0v) is 24.6. The zero-order chi connectivity index (χ0) is 29.4. The van der Waals surface area contributed by atoms with Crippen LogP contribution in [0.1, 0.15) is 79.6 Å². The minimum atomic E-state index is -4.61. The number of hydrogen-bond donors (Lipinski definition) is 0. The van der Waals surface area contributed by atoms with Gasteiger partial charge in [-0.2, -0.15) is 13.2 Å². The van der Waals surface area contributed by atoms with Gasteiger partial charge in [0.25, 0.3) is 5.91 Å². The van der Waals surface area contributed by atoms with Crippen LogP contribution in [0.15, 0.2) is 48.5 Å². The first kappa shape index (κ1) is 29.3. The number of nitrogens with zero attached hydrogens (tertiary/aromatic N) is 3. The Bertz CT molecular complexity index is 1250. The molecule has 5 nitrogen and oxygen atoms in total. The highest BCUT2D eigenvalue weighted by Gasteiger charge is 2.48. The predicted molar refractivity (Wildman–Crippen MR) is 158 cm³/mol. The molecule has 0 spiro atoms.